The lowest BCUT2D eigenvalue weighted by Crippen LogP contribution is -2.37. The monoisotopic (exact) mass is 858 g/mol. The molecule has 1 unspecified atom stereocenters. The molecule has 0 saturated carbocycles. The standard InChI is InChI=1S/C50H100NO7P/c1-6-8-10-12-14-16-18-20-22-24-25-26-27-28-29-31-33-35-37-39-41-43-50(52)58-49(48-57-59(53,54)56-46-44-51(3,4)5)47-55-45-42-40-38-36-34-32-30-23-21-19-17-15-13-11-9-7-2/h42,45,49H,6-41,43-44,46-48H2,1-5H3/b45-42-/t49-/m1/s1. The van der Waals surface area contributed by atoms with Crippen molar-refractivity contribution in [3.05, 3.63) is 12.3 Å². The van der Waals surface area contributed by atoms with Gasteiger partial charge in [-0.25, -0.2) is 0 Å². The van der Waals surface area contributed by atoms with Crippen LogP contribution in [0, 0.1) is 0 Å². The van der Waals surface area contributed by atoms with Crippen LogP contribution in [0.2, 0.25) is 0 Å². The smallest absolute Gasteiger partial charge is 0.306 e. The van der Waals surface area contributed by atoms with Crippen molar-refractivity contribution in [2.45, 2.75) is 258 Å². The number of rotatable bonds is 48. The van der Waals surface area contributed by atoms with Crippen molar-refractivity contribution in [2.75, 3.05) is 47.5 Å². The highest BCUT2D eigenvalue weighted by molar-refractivity contribution is 7.45. The molecule has 0 rings (SSSR count). The summed E-state index contributed by atoms with van der Waals surface area (Å²) in [7, 11) is 1.34. The molecular weight excluding hydrogens is 758 g/mol. The highest BCUT2D eigenvalue weighted by Crippen LogP contribution is 2.38. The van der Waals surface area contributed by atoms with Gasteiger partial charge in [0.15, 0.2) is 6.10 Å². The van der Waals surface area contributed by atoms with Gasteiger partial charge >= 0.3 is 5.97 Å². The molecule has 0 radical (unpaired) electrons. The Kier molecular flexibility index (Phi) is 43.0. The highest BCUT2D eigenvalue weighted by atomic mass is 31.2. The van der Waals surface area contributed by atoms with Crippen molar-refractivity contribution in [3.8, 4) is 0 Å². The first-order valence-electron chi connectivity index (χ1n) is 25.5. The van der Waals surface area contributed by atoms with E-state index in [-0.39, 0.29) is 25.8 Å². The van der Waals surface area contributed by atoms with Crippen molar-refractivity contribution < 1.29 is 37.3 Å². The molecule has 0 aliphatic heterocycles. The fraction of sp³-hybridized carbons (Fsp3) is 0.940. The molecule has 0 bridgehead atoms. The van der Waals surface area contributed by atoms with E-state index in [0.717, 1.165) is 32.1 Å². The first kappa shape index (κ1) is 58.1. The second-order valence-electron chi connectivity index (χ2n) is 18.6. The van der Waals surface area contributed by atoms with Crippen LogP contribution >= 0.6 is 7.82 Å². The Morgan fingerprint density at radius 3 is 1.25 bits per heavy atom. The van der Waals surface area contributed by atoms with Crippen LogP contribution in [-0.2, 0) is 27.9 Å². The zero-order chi connectivity index (χ0) is 43.4. The Balaban J connectivity index is 4.13. The number of hydrogen-bond acceptors (Lipinski definition) is 7. The number of carbonyl (C=O) groups is 1. The van der Waals surface area contributed by atoms with E-state index < -0.39 is 13.9 Å². The zero-order valence-electron chi connectivity index (χ0n) is 40.0. The van der Waals surface area contributed by atoms with Crippen LogP contribution in [0.3, 0.4) is 0 Å². The van der Waals surface area contributed by atoms with Gasteiger partial charge in [0.25, 0.3) is 7.82 Å². The number of ether oxygens (including phenoxy) is 2. The lowest BCUT2D eigenvalue weighted by molar-refractivity contribution is -0.870. The first-order chi connectivity index (χ1) is 28.6. The summed E-state index contributed by atoms with van der Waals surface area (Å²) in [4.78, 5) is 25.1. The number of unbranched alkanes of at least 4 members (excludes halogenated alkanes) is 34. The summed E-state index contributed by atoms with van der Waals surface area (Å²) in [5.74, 6) is -0.349. The average Bonchev–Trinajstić information content (AvgIpc) is 3.19. The Hall–Kier alpha value is -0.920. The summed E-state index contributed by atoms with van der Waals surface area (Å²) in [6.07, 6.45) is 50.4. The van der Waals surface area contributed by atoms with E-state index in [1.807, 2.05) is 27.2 Å². The molecule has 9 heteroatoms. The lowest BCUT2D eigenvalue weighted by atomic mass is 10.0. The minimum Gasteiger partial charge on any atom is -0.756 e. The molecule has 2 atom stereocenters. The molecule has 352 valence electrons. The van der Waals surface area contributed by atoms with Crippen LogP contribution in [-0.4, -0.2) is 64.1 Å². The van der Waals surface area contributed by atoms with E-state index in [4.69, 9.17) is 18.5 Å². The SMILES string of the molecule is CCCCCCCCCCCCCCCC/C=C\OC[C@H](COP(=O)([O-])OCC[N+](C)(C)C)OC(=O)CCCCCCCCCCCCCCCCCCCCCCC. The topological polar surface area (TPSA) is 94.1 Å². The van der Waals surface area contributed by atoms with E-state index in [9.17, 15) is 14.3 Å². The van der Waals surface area contributed by atoms with E-state index in [2.05, 4.69) is 13.8 Å². The maximum Gasteiger partial charge on any atom is 0.306 e. The van der Waals surface area contributed by atoms with Crippen LogP contribution in [0.5, 0.6) is 0 Å². The van der Waals surface area contributed by atoms with E-state index in [0.29, 0.717) is 17.4 Å². The zero-order valence-corrected chi connectivity index (χ0v) is 40.9. The molecule has 0 heterocycles. The minimum atomic E-state index is -4.54. The number of hydrogen-bond donors (Lipinski definition) is 0. The van der Waals surface area contributed by atoms with E-state index >= 15 is 0 Å². The summed E-state index contributed by atoms with van der Waals surface area (Å²) in [6.45, 7) is 4.79. The second-order valence-corrected chi connectivity index (χ2v) is 20.0. The average molecular weight is 858 g/mol. The first-order valence-corrected chi connectivity index (χ1v) is 26.9. The highest BCUT2D eigenvalue weighted by Gasteiger charge is 2.20. The van der Waals surface area contributed by atoms with Crippen molar-refractivity contribution in [2.24, 2.45) is 0 Å². The van der Waals surface area contributed by atoms with Gasteiger partial charge in [-0.05, 0) is 25.3 Å². The summed E-state index contributed by atoms with van der Waals surface area (Å²) < 4.78 is 34.5. The number of nitrogens with zero attached hydrogens (tertiary/aromatic N) is 1. The van der Waals surface area contributed by atoms with Gasteiger partial charge in [-0.15, -0.1) is 0 Å². The van der Waals surface area contributed by atoms with Crippen LogP contribution in [0.25, 0.3) is 0 Å². The normalized spacial score (nSPS) is 13.6. The summed E-state index contributed by atoms with van der Waals surface area (Å²) in [5, 5.41) is 0. The van der Waals surface area contributed by atoms with Crippen LogP contribution in [0.15, 0.2) is 12.3 Å². The fourth-order valence-corrected chi connectivity index (χ4v) is 8.18. The van der Waals surface area contributed by atoms with Gasteiger partial charge in [0, 0.05) is 6.42 Å². The third kappa shape index (κ3) is 48.0. The van der Waals surface area contributed by atoms with Gasteiger partial charge in [-0.3, -0.25) is 9.36 Å². The second kappa shape index (κ2) is 43.7. The Bertz CT molecular complexity index is 956. The molecular formula is C50H100NO7P. The van der Waals surface area contributed by atoms with E-state index in [1.54, 1.807) is 6.26 Å². The molecule has 8 nitrogen and oxygen atoms in total. The summed E-state index contributed by atoms with van der Waals surface area (Å²) >= 11 is 0. The number of allylic oxidation sites excluding steroid dienone is 1. The Morgan fingerprint density at radius 2 is 0.881 bits per heavy atom. The molecule has 0 spiro atoms. The molecule has 0 aromatic rings. The maximum atomic E-state index is 12.7. The third-order valence-electron chi connectivity index (χ3n) is 11.4. The van der Waals surface area contributed by atoms with Crippen molar-refractivity contribution >= 4 is 13.8 Å². The Labute approximate surface area is 367 Å². The van der Waals surface area contributed by atoms with Gasteiger partial charge in [-0.1, -0.05) is 226 Å². The number of phosphoric ester groups is 1. The van der Waals surface area contributed by atoms with Gasteiger partial charge in [-0.2, -0.15) is 0 Å². The third-order valence-corrected chi connectivity index (χ3v) is 12.4. The van der Waals surface area contributed by atoms with Gasteiger partial charge in [0.1, 0.15) is 19.8 Å². The summed E-state index contributed by atoms with van der Waals surface area (Å²) in [6, 6.07) is 0. The number of likely N-dealkylation sites (N-methyl/N-ethyl adjacent to an activating group) is 1. The number of carbonyl (C=O) groups excluding carboxylic acids is 1. The number of esters is 1. The largest absolute Gasteiger partial charge is 0.756 e. The predicted molar refractivity (Wildman–Crippen MR) is 250 cm³/mol. The molecule has 0 amide bonds. The quantitative estimate of drug-likeness (QED) is 0.0198. The summed E-state index contributed by atoms with van der Waals surface area (Å²) in [5.41, 5.74) is 0. The van der Waals surface area contributed by atoms with Crippen molar-refractivity contribution in [3.63, 3.8) is 0 Å². The molecule has 0 N–H and O–H groups in total. The van der Waals surface area contributed by atoms with Gasteiger partial charge in [0.2, 0.25) is 0 Å². The Morgan fingerprint density at radius 1 is 0.525 bits per heavy atom. The fourth-order valence-electron chi connectivity index (χ4n) is 7.46. The van der Waals surface area contributed by atoms with Gasteiger partial charge in [0.05, 0.1) is 34.0 Å². The van der Waals surface area contributed by atoms with Crippen molar-refractivity contribution in [1.82, 2.24) is 0 Å². The van der Waals surface area contributed by atoms with Gasteiger partial charge < -0.3 is 27.9 Å². The van der Waals surface area contributed by atoms with Crippen LogP contribution in [0.1, 0.15) is 251 Å². The number of phosphoric acid groups is 1. The molecule has 0 aliphatic rings. The minimum absolute atomic E-state index is 0.0205. The molecule has 0 aliphatic carbocycles. The predicted octanol–water partition coefficient (Wildman–Crippen LogP) is 15.1. The maximum absolute atomic E-state index is 12.7. The van der Waals surface area contributed by atoms with Crippen LogP contribution < -0.4 is 4.89 Å². The number of quaternary nitrogens is 1. The molecule has 0 fully saturated rings. The molecule has 0 aromatic carbocycles. The van der Waals surface area contributed by atoms with Crippen LogP contribution in [0.4, 0.5) is 0 Å². The molecule has 59 heavy (non-hydrogen) atoms. The van der Waals surface area contributed by atoms with E-state index in [1.165, 1.54) is 199 Å². The van der Waals surface area contributed by atoms with Crippen molar-refractivity contribution in [1.29, 1.82) is 0 Å². The lowest BCUT2D eigenvalue weighted by Gasteiger charge is -2.28. The molecule has 0 aromatic heterocycles. The molecule has 0 saturated heterocycles.